The van der Waals surface area contributed by atoms with Gasteiger partial charge in [-0.3, -0.25) is 4.99 Å². The van der Waals surface area contributed by atoms with E-state index >= 15 is 0 Å². The van der Waals surface area contributed by atoms with Crippen LogP contribution in [0.25, 0.3) is 0 Å². The lowest BCUT2D eigenvalue weighted by Crippen LogP contribution is -2.22. The fourth-order valence-electron chi connectivity index (χ4n) is 2.36. The van der Waals surface area contributed by atoms with Gasteiger partial charge in [0.25, 0.3) is 0 Å². The summed E-state index contributed by atoms with van der Waals surface area (Å²) in [5.74, 6) is 0. The van der Waals surface area contributed by atoms with Gasteiger partial charge in [0.05, 0.1) is 11.8 Å². The molecule has 0 aliphatic heterocycles. The average Bonchev–Trinajstić information content (AvgIpc) is 2.55. The molecular weight excluding hydrogens is 256 g/mol. The van der Waals surface area contributed by atoms with Gasteiger partial charge in [-0.25, -0.2) is 0 Å². The lowest BCUT2D eigenvalue weighted by molar-refractivity contribution is 0.541. The summed E-state index contributed by atoms with van der Waals surface area (Å²) in [6.07, 6.45) is 1.69. The van der Waals surface area contributed by atoms with Gasteiger partial charge in [0.15, 0.2) is 0 Å². The molecule has 2 heteroatoms. The fraction of sp³-hybridized carbons (Fsp3) is 0.263. The Morgan fingerprint density at radius 3 is 1.86 bits per heavy atom. The maximum Gasteiger partial charge on any atom is 0.144 e. The van der Waals surface area contributed by atoms with E-state index in [-0.39, 0.29) is 0 Å². The molecule has 2 aromatic rings. The van der Waals surface area contributed by atoms with E-state index in [4.69, 9.17) is 4.99 Å². The molecule has 0 saturated carbocycles. The first-order chi connectivity index (χ1) is 10.2. The van der Waals surface area contributed by atoms with E-state index in [9.17, 15) is 5.26 Å². The number of nitriles is 1. The largest absolute Gasteiger partial charge is 0.263 e. The second-order valence-electron chi connectivity index (χ2n) is 5.33. The standard InChI is InChI=1S/C19H20N2/c1-3-14-19(2,15-20)21-18(16-10-6-4-7-11-16)17-12-8-5-9-13-17/h4-13H,3,14H2,1-2H3. The Balaban J connectivity index is 2.55. The molecule has 0 aliphatic rings. The Labute approximate surface area is 126 Å². The molecule has 21 heavy (non-hydrogen) atoms. The molecule has 2 rings (SSSR count). The van der Waals surface area contributed by atoms with Crippen molar-refractivity contribution in [3.8, 4) is 6.07 Å². The molecule has 0 fully saturated rings. The zero-order valence-corrected chi connectivity index (χ0v) is 12.6. The molecule has 0 bridgehead atoms. The molecule has 0 aliphatic carbocycles. The van der Waals surface area contributed by atoms with Crippen LogP contribution in [-0.2, 0) is 0 Å². The van der Waals surface area contributed by atoms with Crippen molar-refractivity contribution in [2.75, 3.05) is 0 Å². The predicted octanol–water partition coefficient (Wildman–Crippen LogP) is 4.61. The highest BCUT2D eigenvalue weighted by Crippen LogP contribution is 2.21. The SMILES string of the molecule is CCCC(C)(C#N)N=C(c1ccccc1)c1ccccc1. The van der Waals surface area contributed by atoms with Crippen LogP contribution < -0.4 is 0 Å². The third-order valence-electron chi connectivity index (χ3n) is 3.43. The monoisotopic (exact) mass is 276 g/mol. The minimum Gasteiger partial charge on any atom is -0.263 e. The van der Waals surface area contributed by atoms with Gasteiger partial charge in [-0.1, -0.05) is 74.0 Å². The minimum atomic E-state index is -0.685. The summed E-state index contributed by atoms with van der Waals surface area (Å²) in [6, 6.07) is 22.5. The predicted molar refractivity (Wildman–Crippen MR) is 87.4 cm³/mol. The summed E-state index contributed by atoms with van der Waals surface area (Å²) >= 11 is 0. The van der Waals surface area contributed by atoms with Crippen molar-refractivity contribution in [2.24, 2.45) is 4.99 Å². The van der Waals surface area contributed by atoms with Crippen molar-refractivity contribution in [1.82, 2.24) is 0 Å². The van der Waals surface area contributed by atoms with Crippen LogP contribution in [0.1, 0.15) is 37.8 Å². The Hall–Kier alpha value is -2.40. The van der Waals surface area contributed by atoms with Gasteiger partial charge in [0.1, 0.15) is 5.54 Å². The van der Waals surface area contributed by atoms with E-state index in [0.29, 0.717) is 0 Å². The van der Waals surface area contributed by atoms with Crippen molar-refractivity contribution < 1.29 is 0 Å². The van der Waals surface area contributed by atoms with Crippen LogP contribution in [0.2, 0.25) is 0 Å². The lowest BCUT2D eigenvalue weighted by atomic mass is 9.96. The van der Waals surface area contributed by atoms with Gasteiger partial charge in [-0.05, 0) is 13.3 Å². The topological polar surface area (TPSA) is 36.1 Å². The summed E-state index contributed by atoms with van der Waals surface area (Å²) in [5, 5.41) is 9.50. The van der Waals surface area contributed by atoms with Crippen molar-refractivity contribution in [2.45, 2.75) is 32.2 Å². The molecule has 0 amide bonds. The van der Waals surface area contributed by atoms with Crippen LogP contribution in [0.4, 0.5) is 0 Å². The van der Waals surface area contributed by atoms with E-state index in [1.165, 1.54) is 0 Å². The molecular formula is C19H20N2. The van der Waals surface area contributed by atoms with Gasteiger partial charge < -0.3 is 0 Å². The molecule has 0 saturated heterocycles. The van der Waals surface area contributed by atoms with Crippen LogP contribution in [0.5, 0.6) is 0 Å². The fourth-order valence-corrected chi connectivity index (χ4v) is 2.36. The molecule has 0 heterocycles. The first-order valence-corrected chi connectivity index (χ1v) is 7.30. The summed E-state index contributed by atoms with van der Waals surface area (Å²) in [6.45, 7) is 3.98. The molecule has 1 unspecified atom stereocenters. The van der Waals surface area contributed by atoms with Gasteiger partial charge in [0.2, 0.25) is 0 Å². The highest BCUT2D eigenvalue weighted by Gasteiger charge is 2.23. The Kier molecular flexibility index (Phi) is 4.90. The number of rotatable bonds is 5. The normalized spacial score (nSPS) is 13.0. The molecule has 1 atom stereocenters. The summed E-state index contributed by atoms with van der Waals surface area (Å²) in [5.41, 5.74) is 2.28. The molecule has 2 nitrogen and oxygen atoms in total. The van der Waals surface area contributed by atoms with Crippen LogP contribution >= 0.6 is 0 Å². The van der Waals surface area contributed by atoms with Gasteiger partial charge in [-0.15, -0.1) is 0 Å². The molecule has 2 aromatic carbocycles. The highest BCUT2D eigenvalue weighted by molar-refractivity contribution is 6.13. The summed E-state index contributed by atoms with van der Waals surface area (Å²) in [4.78, 5) is 4.81. The second kappa shape index (κ2) is 6.85. The first-order valence-electron chi connectivity index (χ1n) is 7.30. The zero-order chi connectivity index (χ0) is 15.1. The smallest absolute Gasteiger partial charge is 0.144 e. The molecule has 0 aromatic heterocycles. The van der Waals surface area contributed by atoms with Crippen LogP contribution in [-0.4, -0.2) is 11.3 Å². The molecule has 0 N–H and O–H groups in total. The van der Waals surface area contributed by atoms with Crippen molar-refractivity contribution >= 4 is 5.71 Å². The van der Waals surface area contributed by atoms with E-state index in [1.54, 1.807) is 0 Å². The number of nitrogens with zero attached hydrogens (tertiary/aromatic N) is 2. The van der Waals surface area contributed by atoms with Crippen LogP contribution in [0, 0.1) is 11.3 Å². The number of hydrogen-bond donors (Lipinski definition) is 0. The average molecular weight is 276 g/mol. The number of benzene rings is 2. The molecule has 106 valence electrons. The van der Waals surface area contributed by atoms with E-state index in [2.05, 4.69) is 13.0 Å². The highest BCUT2D eigenvalue weighted by atomic mass is 14.9. The first kappa shape index (κ1) is 15.0. The number of hydrogen-bond acceptors (Lipinski definition) is 2. The minimum absolute atomic E-state index is 0.685. The van der Waals surface area contributed by atoms with Gasteiger partial charge >= 0.3 is 0 Å². The van der Waals surface area contributed by atoms with Gasteiger partial charge in [0, 0.05) is 11.1 Å². The van der Waals surface area contributed by atoms with Crippen molar-refractivity contribution in [3.63, 3.8) is 0 Å². The second-order valence-corrected chi connectivity index (χ2v) is 5.33. The molecule has 0 spiro atoms. The third kappa shape index (κ3) is 3.79. The van der Waals surface area contributed by atoms with E-state index in [1.807, 2.05) is 67.6 Å². The van der Waals surface area contributed by atoms with Crippen LogP contribution in [0.3, 0.4) is 0 Å². The van der Waals surface area contributed by atoms with E-state index in [0.717, 1.165) is 29.7 Å². The van der Waals surface area contributed by atoms with Crippen LogP contribution in [0.15, 0.2) is 65.7 Å². The van der Waals surface area contributed by atoms with E-state index < -0.39 is 5.54 Å². The maximum atomic E-state index is 9.50. The van der Waals surface area contributed by atoms with Gasteiger partial charge in [-0.2, -0.15) is 5.26 Å². The maximum absolute atomic E-state index is 9.50. The Morgan fingerprint density at radius 1 is 1.00 bits per heavy atom. The Morgan fingerprint density at radius 2 is 1.48 bits per heavy atom. The lowest BCUT2D eigenvalue weighted by Gasteiger charge is -2.18. The zero-order valence-electron chi connectivity index (χ0n) is 12.6. The number of aliphatic imine (C=N–C) groups is 1. The Bertz CT molecular complexity index is 597. The summed E-state index contributed by atoms with van der Waals surface area (Å²) < 4.78 is 0. The third-order valence-corrected chi connectivity index (χ3v) is 3.43. The summed E-state index contributed by atoms with van der Waals surface area (Å²) in [7, 11) is 0. The van der Waals surface area contributed by atoms with Crippen molar-refractivity contribution in [1.29, 1.82) is 5.26 Å². The molecule has 0 radical (unpaired) electrons. The van der Waals surface area contributed by atoms with Crippen molar-refractivity contribution in [3.05, 3.63) is 71.8 Å². The quantitative estimate of drug-likeness (QED) is 0.735.